The SMILES string of the molecule is COC(=O)[C@H](C)NC(=O)CC1(C(=O)O)CCCC1. The minimum absolute atomic E-state index is 0.0797. The van der Waals surface area contributed by atoms with Gasteiger partial charge in [-0.15, -0.1) is 0 Å². The van der Waals surface area contributed by atoms with Crippen LogP contribution in [0.5, 0.6) is 0 Å². The predicted molar refractivity (Wildman–Crippen MR) is 62.8 cm³/mol. The lowest BCUT2D eigenvalue weighted by molar-refractivity contribution is -0.152. The Labute approximate surface area is 106 Å². The molecule has 1 atom stereocenters. The molecule has 0 bridgehead atoms. The minimum Gasteiger partial charge on any atom is -0.481 e. The lowest BCUT2D eigenvalue weighted by atomic mass is 9.82. The van der Waals surface area contributed by atoms with E-state index in [1.165, 1.54) is 14.0 Å². The Morgan fingerprint density at radius 1 is 1.33 bits per heavy atom. The predicted octanol–water partition coefficient (Wildman–Crippen LogP) is 0.699. The second kappa shape index (κ2) is 5.84. The lowest BCUT2D eigenvalue weighted by Crippen LogP contribution is -2.42. The fraction of sp³-hybridized carbons (Fsp3) is 0.750. The molecule has 0 aliphatic heterocycles. The van der Waals surface area contributed by atoms with Crippen LogP contribution in [0, 0.1) is 5.41 Å². The number of esters is 1. The van der Waals surface area contributed by atoms with Crippen LogP contribution in [0.25, 0.3) is 0 Å². The molecule has 0 heterocycles. The summed E-state index contributed by atoms with van der Waals surface area (Å²) in [6.45, 7) is 1.51. The third-order valence-corrected chi connectivity index (χ3v) is 3.45. The topological polar surface area (TPSA) is 92.7 Å². The quantitative estimate of drug-likeness (QED) is 0.707. The molecule has 6 heteroatoms. The maximum absolute atomic E-state index is 11.8. The smallest absolute Gasteiger partial charge is 0.328 e. The fourth-order valence-electron chi connectivity index (χ4n) is 2.35. The van der Waals surface area contributed by atoms with Crippen LogP contribution in [0.4, 0.5) is 0 Å². The van der Waals surface area contributed by atoms with E-state index in [0.717, 1.165) is 12.8 Å². The van der Waals surface area contributed by atoms with Gasteiger partial charge in [-0.25, -0.2) is 4.79 Å². The van der Waals surface area contributed by atoms with Crippen molar-refractivity contribution in [3.8, 4) is 0 Å². The fourth-order valence-corrected chi connectivity index (χ4v) is 2.35. The van der Waals surface area contributed by atoms with E-state index in [9.17, 15) is 19.5 Å². The van der Waals surface area contributed by atoms with Crippen molar-refractivity contribution in [2.24, 2.45) is 5.41 Å². The number of carbonyl (C=O) groups is 3. The van der Waals surface area contributed by atoms with Gasteiger partial charge in [0.15, 0.2) is 0 Å². The average Bonchev–Trinajstić information content (AvgIpc) is 2.77. The Hall–Kier alpha value is -1.59. The molecule has 0 aromatic carbocycles. The van der Waals surface area contributed by atoms with Crippen LogP contribution >= 0.6 is 0 Å². The molecule has 102 valence electrons. The summed E-state index contributed by atoms with van der Waals surface area (Å²) in [5.41, 5.74) is -0.958. The Balaban J connectivity index is 2.58. The van der Waals surface area contributed by atoms with Gasteiger partial charge in [0, 0.05) is 6.42 Å². The number of ether oxygens (including phenoxy) is 1. The molecule has 0 aromatic heterocycles. The van der Waals surface area contributed by atoms with Crippen molar-refractivity contribution in [2.75, 3.05) is 7.11 Å². The first-order chi connectivity index (χ1) is 8.41. The van der Waals surface area contributed by atoms with Gasteiger partial charge in [0.05, 0.1) is 12.5 Å². The van der Waals surface area contributed by atoms with Crippen molar-refractivity contribution < 1.29 is 24.2 Å². The summed E-state index contributed by atoms with van der Waals surface area (Å²) < 4.78 is 4.49. The highest BCUT2D eigenvalue weighted by Crippen LogP contribution is 2.41. The number of carboxylic acids is 1. The van der Waals surface area contributed by atoms with Crippen molar-refractivity contribution in [3.63, 3.8) is 0 Å². The molecule has 0 saturated heterocycles. The van der Waals surface area contributed by atoms with Crippen molar-refractivity contribution in [1.82, 2.24) is 5.32 Å². The molecular weight excluding hydrogens is 238 g/mol. The van der Waals surface area contributed by atoms with Gasteiger partial charge in [-0.2, -0.15) is 0 Å². The number of hydrogen-bond donors (Lipinski definition) is 2. The summed E-state index contributed by atoms with van der Waals surface area (Å²) in [6.07, 6.45) is 2.60. The van der Waals surface area contributed by atoms with E-state index in [-0.39, 0.29) is 6.42 Å². The molecule has 0 aromatic rings. The van der Waals surface area contributed by atoms with Crippen LogP contribution in [0.3, 0.4) is 0 Å². The number of amides is 1. The minimum atomic E-state index is -0.958. The summed E-state index contributed by atoms with van der Waals surface area (Å²) in [5, 5.41) is 11.7. The van der Waals surface area contributed by atoms with E-state index in [1.54, 1.807) is 0 Å². The third-order valence-electron chi connectivity index (χ3n) is 3.45. The number of methoxy groups -OCH3 is 1. The lowest BCUT2D eigenvalue weighted by Gasteiger charge is -2.23. The van der Waals surface area contributed by atoms with Crippen LogP contribution in [0.15, 0.2) is 0 Å². The van der Waals surface area contributed by atoms with Gasteiger partial charge in [0.2, 0.25) is 5.91 Å². The maximum Gasteiger partial charge on any atom is 0.328 e. The normalized spacial score (nSPS) is 19.0. The number of nitrogens with one attached hydrogen (secondary N) is 1. The van der Waals surface area contributed by atoms with E-state index >= 15 is 0 Å². The third kappa shape index (κ3) is 3.21. The first kappa shape index (κ1) is 14.5. The summed E-state index contributed by atoms with van der Waals surface area (Å²) in [4.78, 5) is 34.2. The van der Waals surface area contributed by atoms with E-state index in [4.69, 9.17) is 0 Å². The second-order valence-corrected chi connectivity index (χ2v) is 4.78. The molecular formula is C12H19NO5. The number of rotatable bonds is 5. The number of carboxylic acid groups (broad SMARTS) is 1. The molecule has 6 nitrogen and oxygen atoms in total. The first-order valence-corrected chi connectivity index (χ1v) is 6.02. The molecule has 18 heavy (non-hydrogen) atoms. The number of hydrogen-bond acceptors (Lipinski definition) is 4. The summed E-state index contributed by atoms with van der Waals surface area (Å²) in [6, 6.07) is -0.755. The van der Waals surface area contributed by atoms with Crippen LogP contribution in [0.2, 0.25) is 0 Å². The van der Waals surface area contributed by atoms with Crippen LogP contribution in [-0.2, 0) is 19.1 Å². The number of carbonyl (C=O) groups excluding carboxylic acids is 2. The van der Waals surface area contributed by atoms with E-state index in [1.807, 2.05) is 0 Å². The molecule has 1 amide bonds. The first-order valence-electron chi connectivity index (χ1n) is 6.02. The molecule has 1 saturated carbocycles. The maximum atomic E-state index is 11.8. The Bertz CT molecular complexity index is 346. The van der Waals surface area contributed by atoms with Crippen molar-refractivity contribution in [2.45, 2.75) is 45.1 Å². The number of aliphatic carboxylic acids is 1. The molecule has 1 rings (SSSR count). The molecule has 1 fully saturated rings. The highest BCUT2D eigenvalue weighted by molar-refractivity contribution is 5.88. The molecule has 0 radical (unpaired) electrons. The van der Waals surface area contributed by atoms with E-state index in [2.05, 4.69) is 10.1 Å². The molecule has 2 N–H and O–H groups in total. The zero-order chi connectivity index (χ0) is 13.8. The molecule has 1 aliphatic carbocycles. The Kier molecular flexibility index (Phi) is 4.69. The van der Waals surface area contributed by atoms with Crippen molar-refractivity contribution >= 4 is 17.8 Å². The van der Waals surface area contributed by atoms with Gasteiger partial charge in [-0.05, 0) is 19.8 Å². The monoisotopic (exact) mass is 257 g/mol. The highest BCUT2D eigenvalue weighted by atomic mass is 16.5. The Morgan fingerprint density at radius 3 is 2.33 bits per heavy atom. The summed E-state index contributed by atoms with van der Waals surface area (Å²) in [5.74, 6) is -1.89. The van der Waals surface area contributed by atoms with Crippen LogP contribution < -0.4 is 5.32 Å². The van der Waals surface area contributed by atoms with Crippen molar-refractivity contribution in [3.05, 3.63) is 0 Å². The molecule has 0 unspecified atom stereocenters. The zero-order valence-corrected chi connectivity index (χ0v) is 10.7. The van der Waals surface area contributed by atoms with Gasteiger partial charge in [0.1, 0.15) is 6.04 Å². The van der Waals surface area contributed by atoms with Gasteiger partial charge >= 0.3 is 11.9 Å². The van der Waals surface area contributed by atoms with Crippen molar-refractivity contribution in [1.29, 1.82) is 0 Å². The van der Waals surface area contributed by atoms with Gasteiger partial charge in [0.25, 0.3) is 0 Å². The van der Waals surface area contributed by atoms with Crippen LogP contribution in [-0.4, -0.2) is 36.1 Å². The molecule has 0 spiro atoms. The van der Waals surface area contributed by atoms with E-state index < -0.39 is 29.3 Å². The molecule has 1 aliphatic rings. The van der Waals surface area contributed by atoms with E-state index in [0.29, 0.717) is 12.8 Å². The standard InChI is InChI=1S/C12H19NO5/c1-8(10(15)18-2)13-9(14)7-12(11(16)17)5-3-4-6-12/h8H,3-7H2,1-2H3,(H,13,14)(H,16,17)/t8-/m0/s1. The average molecular weight is 257 g/mol. The van der Waals surface area contributed by atoms with Gasteiger partial charge < -0.3 is 15.2 Å². The van der Waals surface area contributed by atoms with Gasteiger partial charge in [-0.3, -0.25) is 9.59 Å². The van der Waals surface area contributed by atoms with Crippen LogP contribution in [0.1, 0.15) is 39.0 Å². The second-order valence-electron chi connectivity index (χ2n) is 4.78. The summed E-state index contributed by atoms with van der Waals surface area (Å²) in [7, 11) is 1.24. The largest absolute Gasteiger partial charge is 0.481 e. The summed E-state index contributed by atoms with van der Waals surface area (Å²) >= 11 is 0. The highest BCUT2D eigenvalue weighted by Gasteiger charge is 2.43. The van der Waals surface area contributed by atoms with Gasteiger partial charge in [-0.1, -0.05) is 12.8 Å². The Morgan fingerprint density at radius 2 is 1.89 bits per heavy atom. The zero-order valence-electron chi connectivity index (χ0n) is 10.7.